The van der Waals surface area contributed by atoms with Crippen molar-refractivity contribution in [3.05, 3.63) is 101 Å². The van der Waals surface area contributed by atoms with Crippen molar-refractivity contribution in [2.75, 3.05) is 6.61 Å². The molecule has 0 saturated carbocycles. The molecule has 27 heavy (non-hydrogen) atoms. The number of ether oxygens (including phenoxy) is 1. The maximum Gasteiger partial charge on any atom is 0.252 e. The van der Waals surface area contributed by atoms with Gasteiger partial charge in [-0.3, -0.25) is 4.79 Å². The normalized spacial score (nSPS) is 11.7. The second-order valence-corrected chi connectivity index (χ2v) is 6.64. The molecule has 0 fully saturated rings. The molecule has 0 aliphatic heterocycles. The maximum absolute atomic E-state index is 13.0. The molecule has 3 aromatic carbocycles. The van der Waals surface area contributed by atoms with Crippen molar-refractivity contribution < 1.29 is 9.53 Å². The molecule has 0 unspecified atom stereocenters. The molecule has 3 rings (SSSR count). The van der Waals surface area contributed by atoms with Gasteiger partial charge in [-0.15, -0.1) is 0 Å². The Labute approximate surface area is 161 Å². The van der Waals surface area contributed by atoms with Gasteiger partial charge in [0.05, 0.1) is 12.6 Å². The van der Waals surface area contributed by atoms with Gasteiger partial charge in [-0.2, -0.15) is 0 Å². The summed E-state index contributed by atoms with van der Waals surface area (Å²) in [5.41, 5.74) is 4.87. The highest BCUT2D eigenvalue weighted by Gasteiger charge is 2.18. The molecule has 0 bridgehead atoms. The van der Waals surface area contributed by atoms with E-state index in [4.69, 9.17) is 4.74 Å². The second kappa shape index (κ2) is 8.54. The Balaban J connectivity index is 1.90. The summed E-state index contributed by atoms with van der Waals surface area (Å²) in [5, 5.41) is 3.19. The summed E-state index contributed by atoms with van der Waals surface area (Å²) in [6, 6.07) is 23.6. The smallest absolute Gasteiger partial charge is 0.252 e. The number of nitrogens with one attached hydrogen (secondary N) is 1. The van der Waals surface area contributed by atoms with E-state index in [1.807, 2.05) is 74.5 Å². The number of amides is 1. The van der Waals surface area contributed by atoms with Crippen LogP contribution in [0.2, 0.25) is 0 Å². The van der Waals surface area contributed by atoms with Crippen LogP contribution in [0.3, 0.4) is 0 Å². The van der Waals surface area contributed by atoms with Gasteiger partial charge >= 0.3 is 0 Å². The van der Waals surface area contributed by atoms with E-state index in [0.29, 0.717) is 12.2 Å². The minimum Gasteiger partial charge on any atom is -0.494 e. The van der Waals surface area contributed by atoms with E-state index in [2.05, 4.69) is 24.4 Å². The van der Waals surface area contributed by atoms with Crippen molar-refractivity contribution in [2.45, 2.75) is 26.8 Å². The summed E-state index contributed by atoms with van der Waals surface area (Å²) < 4.78 is 5.57. The number of benzene rings is 3. The van der Waals surface area contributed by atoms with E-state index >= 15 is 0 Å². The molecule has 0 heterocycles. The lowest BCUT2D eigenvalue weighted by Gasteiger charge is -2.21. The molecule has 1 N–H and O–H groups in total. The number of aryl methyl sites for hydroxylation is 2. The van der Waals surface area contributed by atoms with Crippen molar-refractivity contribution in [1.29, 1.82) is 0 Å². The fourth-order valence-corrected chi connectivity index (χ4v) is 3.18. The van der Waals surface area contributed by atoms with Crippen LogP contribution in [0.15, 0.2) is 72.8 Å². The van der Waals surface area contributed by atoms with Crippen LogP contribution >= 0.6 is 0 Å². The zero-order valence-electron chi connectivity index (χ0n) is 16.0. The van der Waals surface area contributed by atoms with E-state index < -0.39 is 0 Å². The molecule has 0 spiro atoms. The van der Waals surface area contributed by atoms with Crippen molar-refractivity contribution in [1.82, 2.24) is 5.32 Å². The molecule has 0 saturated heterocycles. The summed E-state index contributed by atoms with van der Waals surface area (Å²) in [6.07, 6.45) is 0. The monoisotopic (exact) mass is 359 g/mol. The molecule has 1 amide bonds. The summed E-state index contributed by atoms with van der Waals surface area (Å²) >= 11 is 0. The van der Waals surface area contributed by atoms with Crippen LogP contribution in [0.1, 0.15) is 45.6 Å². The largest absolute Gasteiger partial charge is 0.494 e. The van der Waals surface area contributed by atoms with Crippen LogP contribution in [-0.2, 0) is 0 Å². The summed E-state index contributed by atoms with van der Waals surface area (Å²) in [5.74, 6) is 0.712. The fourth-order valence-electron chi connectivity index (χ4n) is 3.18. The highest BCUT2D eigenvalue weighted by Crippen LogP contribution is 2.24. The van der Waals surface area contributed by atoms with Gasteiger partial charge in [-0.1, -0.05) is 60.2 Å². The first-order valence-corrected chi connectivity index (χ1v) is 9.24. The highest BCUT2D eigenvalue weighted by atomic mass is 16.5. The van der Waals surface area contributed by atoms with Crippen LogP contribution in [0.5, 0.6) is 5.75 Å². The molecule has 0 aliphatic rings. The number of carbonyl (C=O) groups is 1. The summed E-state index contributed by atoms with van der Waals surface area (Å²) in [6.45, 7) is 6.57. The van der Waals surface area contributed by atoms with Gasteiger partial charge in [0.15, 0.2) is 0 Å². The predicted octanol–water partition coefficient (Wildman–Crippen LogP) is 5.22. The Morgan fingerprint density at radius 2 is 1.67 bits per heavy atom. The SMILES string of the molecule is CCOc1ccc(C(=O)N[C@H](c2ccccc2)c2cccc(C)c2)cc1C. The molecule has 3 aromatic rings. The maximum atomic E-state index is 13.0. The molecule has 0 aliphatic carbocycles. The Kier molecular flexibility index (Phi) is 5.92. The van der Waals surface area contributed by atoms with Crippen LogP contribution in [-0.4, -0.2) is 12.5 Å². The third-order valence-electron chi connectivity index (χ3n) is 4.52. The Bertz CT molecular complexity index is 919. The fraction of sp³-hybridized carbons (Fsp3) is 0.208. The number of hydrogen-bond acceptors (Lipinski definition) is 2. The van der Waals surface area contributed by atoms with Gasteiger partial charge in [-0.05, 0) is 55.7 Å². The van der Waals surface area contributed by atoms with Crippen molar-refractivity contribution in [3.63, 3.8) is 0 Å². The van der Waals surface area contributed by atoms with Gasteiger partial charge in [0, 0.05) is 5.56 Å². The number of carbonyl (C=O) groups excluding carboxylic acids is 1. The minimum atomic E-state index is -0.203. The van der Waals surface area contributed by atoms with Crippen LogP contribution < -0.4 is 10.1 Å². The van der Waals surface area contributed by atoms with Gasteiger partial charge in [-0.25, -0.2) is 0 Å². The molecule has 0 aromatic heterocycles. The quantitative estimate of drug-likeness (QED) is 0.655. The third-order valence-corrected chi connectivity index (χ3v) is 4.52. The van der Waals surface area contributed by atoms with Crippen molar-refractivity contribution in [3.8, 4) is 5.75 Å². The summed E-state index contributed by atoms with van der Waals surface area (Å²) in [4.78, 5) is 13.0. The third kappa shape index (κ3) is 4.56. The van der Waals surface area contributed by atoms with Gasteiger partial charge in [0.25, 0.3) is 5.91 Å². The van der Waals surface area contributed by atoms with Crippen LogP contribution in [0.25, 0.3) is 0 Å². The van der Waals surface area contributed by atoms with Crippen LogP contribution in [0.4, 0.5) is 0 Å². The molecule has 3 nitrogen and oxygen atoms in total. The van der Waals surface area contributed by atoms with E-state index in [-0.39, 0.29) is 11.9 Å². The topological polar surface area (TPSA) is 38.3 Å². The number of hydrogen-bond donors (Lipinski definition) is 1. The van der Waals surface area contributed by atoms with Crippen LogP contribution in [0, 0.1) is 13.8 Å². The molecular formula is C24H25NO2. The van der Waals surface area contributed by atoms with Crippen molar-refractivity contribution >= 4 is 5.91 Å². The second-order valence-electron chi connectivity index (χ2n) is 6.64. The zero-order chi connectivity index (χ0) is 19.2. The molecule has 3 heteroatoms. The molecule has 0 radical (unpaired) electrons. The molecule has 138 valence electrons. The lowest BCUT2D eigenvalue weighted by Crippen LogP contribution is -2.29. The number of rotatable bonds is 6. The predicted molar refractivity (Wildman–Crippen MR) is 109 cm³/mol. The molecular weight excluding hydrogens is 334 g/mol. The molecule has 1 atom stereocenters. The van der Waals surface area contributed by atoms with Gasteiger partial charge < -0.3 is 10.1 Å². The Morgan fingerprint density at radius 1 is 0.926 bits per heavy atom. The average Bonchev–Trinajstić information content (AvgIpc) is 2.68. The Morgan fingerprint density at radius 3 is 2.33 bits per heavy atom. The Hall–Kier alpha value is -3.07. The highest BCUT2D eigenvalue weighted by molar-refractivity contribution is 5.95. The van der Waals surface area contributed by atoms with Gasteiger partial charge in [0.2, 0.25) is 0 Å². The lowest BCUT2D eigenvalue weighted by atomic mass is 9.97. The van der Waals surface area contributed by atoms with E-state index in [1.165, 1.54) is 5.56 Å². The van der Waals surface area contributed by atoms with E-state index in [9.17, 15) is 4.79 Å². The van der Waals surface area contributed by atoms with E-state index in [1.54, 1.807) is 0 Å². The standard InChI is InChI=1S/C24H25NO2/c1-4-27-22-14-13-21(16-18(22)3)24(26)25-23(19-10-6-5-7-11-19)20-12-8-9-17(2)15-20/h5-16,23H,4H2,1-3H3,(H,25,26)/t23-/m1/s1. The van der Waals surface area contributed by atoms with Gasteiger partial charge in [0.1, 0.15) is 5.75 Å². The lowest BCUT2D eigenvalue weighted by molar-refractivity contribution is 0.0943. The van der Waals surface area contributed by atoms with E-state index in [0.717, 1.165) is 22.4 Å². The first kappa shape index (κ1) is 18.7. The first-order valence-electron chi connectivity index (χ1n) is 9.24. The van der Waals surface area contributed by atoms with Crippen molar-refractivity contribution in [2.24, 2.45) is 0 Å². The minimum absolute atomic E-state index is 0.100. The zero-order valence-corrected chi connectivity index (χ0v) is 16.0. The average molecular weight is 359 g/mol. The summed E-state index contributed by atoms with van der Waals surface area (Å²) in [7, 11) is 0. The first-order chi connectivity index (χ1) is 13.1.